The normalized spacial score (nSPS) is 11.0. The lowest BCUT2D eigenvalue weighted by Gasteiger charge is -2.06. The first kappa shape index (κ1) is 20.0. The predicted molar refractivity (Wildman–Crippen MR) is 115 cm³/mol. The molecule has 0 aliphatic carbocycles. The summed E-state index contributed by atoms with van der Waals surface area (Å²) in [4.78, 5) is 30.8. The lowest BCUT2D eigenvalue weighted by atomic mass is 10.2. The summed E-state index contributed by atoms with van der Waals surface area (Å²) in [6, 6.07) is 15.7. The van der Waals surface area contributed by atoms with Gasteiger partial charge in [0, 0.05) is 6.42 Å². The fourth-order valence-corrected chi connectivity index (χ4v) is 4.26. The van der Waals surface area contributed by atoms with Gasteiger partial charge in [-0.25, -0.2) is 14.2 Å². The average Bonchev–Trinajstić information content (AvgIpc) is 3.09. The Morgan fingerprint density at radius 2 is 1.83 bits per heavy atom. The number of hydrogen-bond donors (Lipinski definition) is 0. The number of thiophene rings is 1. The number of carbonyl (C=O) groups excluding carboxylic acids is 1. The summed E-state index contributed by atoms with van der Waals surface area (Å²) in [6.07, 6.45) is 2.08. The fourth-order valence-electron chi connectivity index (χ4n) is 3.22. The Labute approximate surface area is 176 Å². The summed E-state index contributed by atoms with van der Waals surface area (Å²) >= 11 is 1.16. The van der Waals surface area contributed by atoms with Crippen LogP contribution in [0.3, 0.4) is 0 Å². The molecule has 0 radical (unpaired) electrons. The first-order valence-corrected chi connectivity index (χ1v) is 10.3. The van der Waals surface area contributed by atoms with Gasteiger partial charge >= 0.3 is 5.97 Å². The van der Waals surface area contributed by atoms with Crippen LogP contribution in [-0.4, -0.2) is 22.1 Å². The SMILES string of the molecule is Cc1c(C(=O)OCCc2ccccc2)sc2ncn(Cc3ccc(F)cc3)c(=O)c12. The van der Waals surface area contributed by atoms with Crippen LogP contribution in [0.4, 0.5) is 4.39 Å². The third-order valence-electron chi connectivity index (χ3n) is 4.84. The highest BCUT2D eigenvalue weighted by molar-refractivity contribution is 7.20. The van der Waals surface area contributed by atoms with Crippen LogP contribution in [0.5, 0.6) is 0 Å². The van der Waals surface area contributed by atoms with E-state index < -0.39 is 5.97 Å². The van der Waals surface area contributed by atoms with E-state index in [-0.39, 0.29) is 24.5 Å². The third kappa shape index (κ3) is 4.16. The zero-order valence-corrected chi connectivity index (χ0v) is 17.1. The summed E-state index contributed by atoms with van der Waals surface area (Å²) in [7, 11) is 0. The van der Waals surface area contributed by atoms with Crippen LogP contribution in [-0.2, 0) is 17.7 Å². The molecule has 30 heavy (non-hydrogen) atoms. The number of hydrogen-bond acceptors (Lipinski definition) is 5. The number of esters is 1. The molecule has 2 aromatic heterocycles. The molecule has 152 valence electrons. The quantitative estimate of drug-likeness (QED) is 0.434. The lowest BCUT2D eigenvalue weighted by Crippen LogP contribution is -2.21. The van der Waals surface area contributed by atoms with Crippen molar-refractivity contribution >= 4 is 27.5 Å². The molecule has 0 atom stereocenters. The zero-order chi connectivity index (χ0) is 21.1. The van der Waals surface area contributed by atoms with Gasteiger partial charge in [-0.15, -0.1) is 11.3 Å². The first-order chi connectivity index (χ1) is 14.5. The molecule has 0 unspecified atom stereocenters. The van der Waals surface area contributed by atoms with Crippen LogP contribution in [0.15, 0.2) is 65.7 Å². The number of rotatable bonds is 6. The first-order valence-electron chi connectivity index (χ1n) is 9.47. The Bertz CT molecular complexity index is 1250. The van der Waals surface area contributed by atoms with Crippen molar-refractivity contribution in [1.29, 1.82) is 0 Å². The molecule has 0 spiro atoms. The summed E-state index contributed by atoms with van der Waals surface area (Å²) in [5, 5.41) is 0.416. The Morgan fingerprint density at radius 3 is 2.57 bits per heavy atom. The van der Waals surface area contributed by atoms with Gasteiger partial charge in [0.05, 0.1) is 24.9 Å². The van der Waals surface area contributed by atoms with E-state index in [0.717, 1.165) is 22.5 Å². The van der Waals surface area contributed by atoms with Crippen LogP contribution in [0.2, 0.25) is 0 Å². The molecule has 2 heterocycles. The van der Waals surface area contributed by atoms with E-state index in [2.05, 4.69) is 4.98 Å². The maximum Gasteiger partial charge on any atom is 0.348 e. The van der Waals surface area contributed by atoms with E-state index in [1.54, 1.807) is 19.1 Å². The van der Waals surface area contributed by atoms with Gasteiger partial charge in [0.25, 0.3) is 5.56 Å². The third-order valence-corrected chi connectivity index (χ3v) is 6.02. The second-order valence-corrected chi connectivity index (χ2v) is 7.91. The summed E-state index contributed by atoms with van der Waals surface area (Å²) < 4.78 is 20.0. The molecule has 2 aromatic carbocycles. The number of aryl methyl sites for hydroxylation is 1. The van der Waals surface area contributed by atoms with Crippen molar-refractivity contribution in [3.8, 4) is 0 Å². The number of carbonyl (C=O) groups is 1. The maximum atomic E-state index is 13.1. The van der Waals surface area contributed by atoms with Crippen LogP contribution in [0.1, 0.15) is 26.4 Å². The molecule has 0 bridgehead atoms. The lowest BCUT2D eigenvalue weighted by molar-refractivity contribution is 0.0514. The molecule has 4 aromatic rings. The molecule has 0 N–H and O–H groups in total. The molecule has 0 saturated carbocycles. The van der Waals surface area contributed by atoms with E-state index >= 15 is 0 Å². The molecule has 5 nitrogen and oxygen atoms in total. The molecular formula is C23H19FN2O3S. The summed E-state index contributed by atoms with van der Waals surface area (Å²) in [6.45, 7) is 2.27. The predicted octanol–water partition coefficient (Wildman–Crippen LogP) is 4.35. The number of ether oxygens (including phenoxy) is 1. The van der Waals surface area contributed by atoms with E-state index in [1.807, 2.05) is 30.3 Å². The van der Waals surface area contributed by atoms with Crippen molar-refractivity contribution < 1.29 is 13.9 Å². The van der Waals surface area contributed by atoms with E-state index in [1.165, 1.54) is 23.0 Å². The largest absolute Gasteiger partial charge is 0.461 e. The minimum atomic E-state index is -0.448. The number of aromatic nitrogens is 2. The van der Waals surface area contributed by atoms with E-state index in [0.29, 0.717) is 27.1 Å². The molecule has 4 rings (SSSR count). The van der Waals surface area contributed by atoms with Crippen molar-refractivity contribution in [1.82, 2.24) is 9.55 Å². The van der Waals surface area contributed by atoms with Crippen LogP contribution in [0, 0.1) is 12.7 Å². The van der Waals surface area contributed by atoms with Gasteiger partial charge in [0.15, 0.2) is 0 Å². The second kappa shape index (κ2) is 8.59. The number of fused-ring (bicyclic) bond motifs is 1. The van der Waals surface area contributed by atoms with Gasteiger partial charge in [-0.1, -0.05) is 42.5 Å². The molecule has 0 fully saturated rings. The van der Waals surface area contributed by atoms with Crippen molar-refractivity contribution in [2.75, 3.05) is 6.61 Å². The molecule has 0 saturated heterocycles. The van der Waals surface area contributed by atoms with E-state index in [4.69, 9.17) is 4.74 Å². The maximum absolute atomic E-state index is 13.1. The Hall–Kier alpha value is -3.32. The Morgan fingerprint density at radius 1 is 1.10 bits per heavy atom. The second-order valence-electron chi connectivity index (χ2n) is 6.91. The molecular weight excluding hydrogens is 403 g/mol. The number of benzene rings is 2. The topological polar surface area (TPSA) is 61.2 Å². The van der Waals surface area contributed by atoms with Crippen molar-refractivity contribution in [3.05, 3.63) is 98.7 Å². The van der Waals surface area contributed by atoms with Gasteiger partial charge in [-0.05, 0) is 35.7 Å². The molecule has 0 aliphatic rings. The minimum Gasteiger partial charge on any atom is -0.461 e. The summed E-state index contributed by atoms with van der Waals surface area (Å²) in [5.74, 6) is -0.778. The van der Waals surface area contributed by atoms with Crippen molar-refractivity contribution in [2.45, 2.75) is 19.9 Å². The van der Waals surface area contributed by atoms with Gasteiger partial charge in [-0.2, -0.15) is 0 Å². The Kier molecular flexibility index (Phi) is 5.72. The van der Waals surface area contributed by atoms with Gasteiger partial charge in [0.1, 0.15) is 15.5 Å². The molecule has 7 heteroatoms. The smallest absolute Gasteiger partial charge is 0.348 e. The highest BCUT2D eigenvalue weighted by Gasteiger charge is 2.20. The number of halogens is 1. The zero-order valence-electron chi connectivity index (χ0n) is 16.3. The van der Waals surface area contributed by atoms with Crippen molar-refractivity contribution in [3.63, 3.8) is 0 Å². The fraction of sp³-hybridized carbons (Fsp3) is 0.174. The van der Waals surface area contributed by atoms with Gasteiger partial charge in [-0.3, -0.25) is 9.36 Å². The minimum absolute atomic E-state index is 0.235. The van der Waals surface area contributed by atoms with Crippen LogP contribution < -0.4 is 5.56 Å². The van der Waals surface area contributed by atoms with Gasteiger partial charge < -0.3 is 4.74 Å². The highest BCUT2D eigenvalue weighted by Crippen LogP contribution is 2.27. The van der Waals surface area contributed by atoms with Crippen molar-refractivity contribution in [2.24, 2.45) is 0 Å². The number of nitrogens with zero attached hydrogens (tertiary/aromatic N) is 2. The average molecular weight is 422 g/mol. The monoisotopic (exact) mass is 422 g/mol. The summed E-state index contributed by atoms with van der Waals surface area (Å²) in [5.41, 5.74) is 2.21. The molecule has 0 amide bonds. The highest BCUT2D eigenvalue weighted by atomic mass is 32.1. The molecule has 0 aliphatic heterocycles. The Balaban J connectivity index is 1.54. The van der Waals surface area contributed by atoms with Gasteiger partial charge in [0.2, 0.25) is 0 Å². The van der Waals surface area contributed by atoms with Crippen LogP contribution in [0.25, 0.3) is 10.2 Å². The van der Waals surface area contributed by atoms with E-state index in [9.17, 15) is 14.0 Å². The van der Waals surface area contributed by atoms with Crippen LogP contribution >= 0.6 is 11.3 Å². The standard InChI is InChI=1S/C23H19FN2O3S/c1-15-19-21(25-14-26(22(19)27)13-17-7-9-18(24)10-8-17)30-20(15)23(28)29-12-11-16-5-3-2-4-6-16/h2-10,14H,11-13H2,1H3.